The molecule has 2 aliphatic heterocycles. The average Bonchev–Trinajstić information content (AvgIpc) is 2.92. The molecule has 0 saturated carbocycles. The summed E-state index contributed by atoms with van der Waals surface area (Å²) in [6.45, 7) is 3.63. The van der Waals surface area contributed by atoms with Crippen molar-refractivity contribution in [3.8, 4) is 11.5 Å². The Hall–Kier alpha value is -1.31. The fourth-order valence-electron chi connectivity index (χ4n) is 2.70. The van der Waals surface area contributed by atoms with Crippen LogP contribution in [0, 0.1) is 0 Å². The molecule has 7 heteroatoms. The molecule has 0 unspecified atom stereocenters. The van der Waals surface area contributed by atoms with Crippen LogP contribution in [0.15, 0.2) is 23.1 Å². The highest BCUT2D eigenvalue weighted by Gasteiger charge is 2.27. The first kappa shape index (κ1) is 15.6. The molecule has 0 aromatic heterocycles. The third-order valence-electron chi connectivity index (χ3n) is 3.89. The maximum absolute atomic E-state index is 12.5. The summed E-state index contributed by atoms with van der Waals surface area (Å²) in [5.41, 5.74) is 0. The summed E-state index contributed by atoms with van der Waals surface area (Å²) in [5.74, 6) is 1.06. The minimum Gasteiger partial charge on any atom is -0.490 e. The van der Waals surface area contributed by atoms with Gasteiger partial charge in [0.15, 0.2) is 11.5 Å². The molecule has 6 nitrogen and oxygen atoms in total. The lowest BCUT2D eigenvalue weighted by atomic mass is 10.1. The van der Waals surface area contributed by atoms with E-state index in [1.54, 1.807) is 6.07 Å². The number of fused-ring (bicyclic) bond motifs is 1. The molecule has 1 saturated heterocycles. The molecule has 22 heavy (non-hydrogen) atoms. The van der Waals surface area contributed by atoms with E-state index < -0.39 is 10.0 Å². The first-order valence-electron chi connectivity index (χ1n) is 7.60. The Labute approximate surface area is 130 Å². The predicted molar refractivity (Wildman–Crippen MR) is 80.8 cm³/mol. The van der Waals surface area contributed by atoms with Gasteiger partial charge in [-0.25, -0.2) is 13.1 Å². The Morgan fingerprint density at radius 2 is 1.91 bits per heavy atom. The minimum absolute atomic E-state index is 0.0600. The molecule has 1 fully saturated rings. The van der Waals surface area contributed by atoms with Crippen LogP contribution in [0.25, 0.3) is 0 Å². The highest BCUT2D eigenvalue weighted by atomic mass is 32.2. The van der Waals surface area contributed by atoms with Crippen molar-refractivity contribution < 1.29 is 22.6 Å². The number of sulfonamides is 1. The van der Waals surface area contributed by atoms with Gasteiger partial charge >= 0.3 is 0 Å². The van der Waals surface area contributed by atoms with Gasteiger partial charge in [0.05, 0.1) is 24.2 Å². The SMILES string of the molecule is C[C@H](NS(=O)(=O)c1ccc2c(c1)OCCCO2)[C@H]1CCCO1. The van der Waals surface area contributed by atoms with Crippen LogP contribution in [0.4, 0.5) is 0 Å². The van der Waals surface area contributed by atoms with Crippen molar-refractivity contribution in [3.05, 3.63) is 18.2 Å². The zero-order chi connectivity index (χ0) is 15.6. The summed E-state index contributed by atoms with van der Waals surface area (Å²) in [6.07, 6.45) is 2.58. The van der Waals surface area contributed by atoms with E-state index in [1.807, 2.05) is 6.92 Å². The van der Waals surface area contributed by atoms with E-state index in [0.717, 1.165) is 19.3 Å². The average molecular weight is 327 g/mol. The largest absolute Gasteiger partial charge is 0.490 e. The number of hydrogen-bond donors (Lipinski definition) is 1. The van der Waals surface area contributed by atoms with Gasteiger partial charge in [0.25, 0.3) is 0 Å². The maximum Gasteiger partial charge on any atom is 0.241 e. The van der Waals surface area contributed by atoms with Gasteiger partial charge < -0.3 is 14.2 Å². The molecule has 122 valence electrons. The van der Waals surface area contributed by atoms with Crippen LogP contribution >= 0.6 is 0 Å². The lowest BCUT2D eigenvalue weighted by Crippen LogP contribution is -2.40. The molecule has 2 atom stereocenters. The predicted octanol–water partition coefficient (Wildman–Crippen LogP) is 1.69. The monoisotopic (exact) mass is 327 g/mol. The molecule has 1 N–H and O–H groups in total. The Bertz CT molecular complexity index is 625. The van der Waals surface area contributed by atoms with Gasteiger partial charge in [-0.3, -0.25) is 0 Å². The number of nitrogens with one attached hydrogen (secondary N) is 1. The molecule has 2 aliphatic rings. The van der Waals surface area contributed by atoms with E-state index in [2.05, 4.69) is 4.72 Å². The second-order valence-electron chi connectivity index (χ2n) is 5.62. The van der Waals surface area contributed by atoms with Crippen LogP contribution in [0.1, 0.15) is 26.2 Å². The van der Waals surface area contributed by atoms with Crippen molar-refractivity contribution in [2.45, 2.75) is 43.2 Å². The summed E-state index contributed by atoms with van der Waals surface area (Å²) in [7, 11) is -3.61. The molecule has 0 amide bonds. The number of benzene rings is 1. The second-order valence-corrected chi connectivity index (χ2v) is 7.33. The second kappa shape index (κ2) is 6.44. The standard InChI is InChI=1S/C15H21NO5S/c1-11(13-4-2-7-19-13)16-22(17,18)12-5-6-14-15(10-12)21-9-3-8-20-14/h5-6,10-11,13,16H,2-4,7-9H2,1H3/t11-,13+/m0/s1. The van der Waals surface area contributed by atoms with E-state index in [9.17, 15) is 8.42 Å². The van der Waals surface area contributed by atoms with Crippen LogP contribution in [-0.4, -0.2) is 40.4 Å². The van der Waals surface area contributed by atoms with Crippen LogP contribution < -0.4 is 14.2 Å². The van der Waals surface area contributed by atoms with Gasteiger partial charge in [-0.2, -0.15) is 0 Å². The van der Waals surface area contributed by atoms with Crippen molar-refractivity contribution in [2.75, 3.05) is 19.8 Å². The maximum atomic E-state index is 12.5. The highest BCUT2D eigenvalue weighted by molar-refractivity contribution is 7.89. The number of hydrogen-bond acceptors (Lipinski definition) is 5. The zero-order valence-corrected chi connectivity index (χ0v) is 13.4. The summed E-state index contributed by atoms with van der Waals surface area (Å²) in [6, 6.07) is 4.44. The van der Waals surface area contributed by atoms with Gasteiger partial charge in [-0.1, -0.05) is 0 Å². The summed E-state index contributed by atoms with van der Waals surface area (Å²) >= 11 is 0. The molecule has 0 bridgehead atoms. The van der Waals surface area contributed by atoms with Crippen molar-refractivity contribution >= 4 is 10.0 Å². The Morgan fingerprint density at radius 3 is 2.64 bits per heavy atom. The lowest BCUT2D eigenvalue weighted by molar-refractivity contribution is 0.0902. The first-order chi connectivity index (χ1) is 10.6. The first-order valence-corrected chi connectivity index (χ1v) is 9.08. The van der Waals surface area contributed by atoms with Crippen LogP contribution in [0.5, 0.6) is 11.5 Å². The third-order valence-corrected chi connectivity index (χ3v) is 5.45. The smallest absolute Gasteiger partial charge is 0.241 e. The fraction of sp³-hybridized carbons (Fsp3) is 0.600. The van der Waals surface area contributed by atoms with E-state index in [4.69, 9.17) is 14.2 Å². The van der Waals surface area contributed by atoms with Gasteiger partial charge in [-0.05, 0) is 31.9 Å². The number of rotatable bonds is 4. The topological polar surface area (TPSA) is 73.9 Å². The Morgan fingerprint density at radius 1 is 1.14 bits per heavy atom. The van der Waals surface area contributed by atoms with E-state index in [1.165, 1.54) is 12.1 Å². The fourth-order valence-corrected chi connectivity index (χ4v) is 3.98. The molecule has 3 rings (SSSR count). The van der Waals surface area contributed by atoms with Gasteiger partial charge in [-0.15, -0.1) is 0 Å². The molecule has 1 aromatic rings. The Kier molecular flexibility index (Phi) is 4.56. The van der Waals surface area contributed by atoms with Crippen LogP contribution in [0.2, 0.25) is 0 Å². The highest BCUT2D eigenvalue weighted by Crippen LogP contribution is 2.32. The molecular weight excluding hydrogens is 306 g/mol. The van der Waals surface area contributed by atoms with Gasteiger partial charge in [0, 0.05) is 25.1 Å². The molecule has 0 spiro atoms. The number of ether oxygens (including phenoxy) is 3. The summed E-state index contributed by atoms with van der Waals surface area (Å²) in [4.78, 5) is 0.182. The summed E-state index contributed by atoms with van der Waals surface area (Å²) < 4.78 is 44.3. The van der Waals surface area contributed by atoms with Crippen molar-refractivity contribution in [3.63, 3.8) is 0 Å². The van der Waals surface area contributed by atoms with E-state index in [-0.39, 0.29) is 17.0 Å². The van der Waals surface area contributed by atoms with Gasteiger partial charge in [0.1, 0.15) is 0 Å². The molecule has 0 aliphatic carbocycles. The molecule has 1 aromatic carbocycles. The lowest BCUT2D eigenvalue weighted by Gasteiger charge is -2.20. The quantitative estimate of drug-likeness (QED) is 0.911. The minimum atomic E-state index is -3.61. The molecule has 0 radical (unpaired) electrons. The molecular formula is C15H21NO5S. The van der Waals surface area contributed by atoms with E-state index in [0.29, 0.717) is 31.3 Å². The Balaban J connectivity index is 1.78. The van der Waals surface area contributed by atoms with E-state index >= 15 is 0 Å². The van der Waals surface area contributed by atoms with Crippen molar-refractivity contribution in [2.24, 2.45) is 0 Å². The zero-order valence-electron chi connectivity index (χ0n) is 12.6. The van der Waals surface area contributed by atoms with Crippen molar-refractivity contribution in [1.29, 1.82) is 0 Å². The van der Waals surface area contributed by atoms with Crippen LogP contribution in [0.3, 0.4) is 0 Å². The normalized spacial score (nSPS) is 23.0. The van der Waals surface area contributed by atoms with Crippen LogP contribution in [-0.2, 0) is 14.8 Å². The summed E-state index contributed by atoms with van der Waals surface area (Å²) in [5, 5.41) is 0. The van der Waals surface area contributed by atoms with Crippen molar-refractivity contribution in [1.82, 2.24) is 4.72 Å². The van der Waals surface area contributed by atoms with Gasteiger partial charge in [0.2, 0.25) is 10.0 Å². The molecule has 2 heterocycles. The third kappa shape index (κ3) is 3.37.